The Morgan fingerprint density at radius 3 is 2.16 bits per heavy atom. The molecule has 0 amide bonds. The standard InChI is InChI=1S/C23H16F2N4O2/c1-14(2)28-21-19(26-10-11-27-21)22(30)29(23(28)31)20-17(24)12-16(13-18(20)25)9-8-15-6-4-3-5-7-15/h3-7,10-14H,1-2H3. The van der Waals surface area contributed by atoms with E-state index in [-0.39, 0.29) is 16.7 Å². The summed E-state index contributed by atoms with van der Waals surface area (Å²) >= 11 is 0. The van der Waals surface area contributed by atoms with E-state index in [1.165, 1.54) is 17.0 Å². The molecule has 2 aromatic heterocycles. The fourth-order valence-electron chi connectivity index (χ4n) is 3.23. The molecule has 2 heterocycles. The third-order valence-electron chi connectivity index (χ3n) is 4.59. The zero-order valence-electron chi connectivity index (χ0n) is 16.6. The number of aromatic nitrogens is 4. The van der Waals surface area contributed by atoms with Gasteiger partial charge in [-0.1, -0.05) is 30.0 Å². The molecule has 0 aliphatic heterocycles. The van der Waals surface area contributed by atoms with Gasteiger partial charge in [0.2, 0.25) is 0 Å². The molecule has 31 heavy (non-hydrogen) atoms. The van der Waals surface area contributed by atoms with Gasteiger partial charge in [0.25, 0.3) is 5.56 Å². The van der Waals surface area contributed by atoms with Crippen molar-refractivity contribution >= 4 is 11.2 Å². The molecule has 0 saturated heterocycles. The molecular formula is C23H16F2N4O2. The van der Waals surface area contributed by atoms with Gasteiger partial charge in [0.1, 0.15) is 5.69 Å². The van der Waals surface area contributed by atoms with Gasteiger partial charge in [-0.25, -0.2) is 28.1 Å². The van der Waals surface area contributed by atoms with Crippen LogP contribution in [-0.4, -0.2) is 19.1 Å². The van der Waals surface area contributed by atoms with Crippen LogP contribution in [0.3, 0.4) is 0 Å². The smallest absolute Gasteiger partial charge is 0.273 e. The maximum absolute atomic E-state index is 15.0. The average Bonchev–Trinajstić information content (AvgIpc) is 2.74. The zero-order chi connectivity index (χ0) is 22.1. The Kier molecular flexibility index (Phi) is 5.17. The summed E-state index contributed by atoms with van der Waals surface area (Å²) in [6.45, 7) is 3.39. The number of rotatable bonds is 2. The quantitative estimate of drug-likeness (QED) is 0.469. The highest BCUT2D eigenvalue weighted by Crippen LogP contribution is 2.19. The first-order chi connectivity index (χ1) is 14.9. The Labute approximate surface area is 175 Å². The molecule has 154 valence electrons. The molecule has 0 spiro atoms. The van der Waals surface area contributed by atoms with Crippen molar-refractivity contribution in [2.24, 2.45) is 0 Å². The zero-order valence-corrected chi connectivity index (χ0v) is 16.6. The molecular weight excluding hydrogens is 402 g/mol. The van der Waals surface area contributed by atoms with Crippen molar-refractivity contribution in [2.75, 3.05) is 0 Å². The molecule has 8 heteroatoms. The maximum Gasteiger partial charge on any atom is 0.337 e. The molecule has 0 unspecified atom stereocenters. The van der Waals surface area contributed by atoms with Gasteiger partial charge in [-0.15, -0.1) is 0 Å². The van der Waals surface area contributed by atoms with Crippen molar-refractivity contribution in [3.05, 3.63) is 98.5 Å². The molecule has 0 aliphatic carbocycles. The van der Waals surface area contributed by atoms with Crippen molar-refractivity contribution in [3.8, 4) is 17.5 Å². The second kappa shape index (κ2) is 7.95. The molecule has 0 saturated carbocycles. The lowest BCUT2D eigenvalue weighted by molar-refractivity contribution is 0.533. The van der Waals surface area contributed by atoms with Gasteiger partial charge in [-0.2, -0.15) is 0 Å². The molecule has 0 aliphatic rings. The summed E-state index contributed by atoms with van der Waals surface area (Å²) in [5.74, 6) is 3.32. The lowest BCUT2D eigenvalue weighted by atomic mass is 10.1. The van der Waals surface area contributed by atoms with Crippen molar-refractivity contribution in [1.82, 2.24) is 19.1 Å². The first-order valence-electron chi connectivity index (χ1n) is 9.43. The fourth-order valence-corrected chi connectivity index (χ4v) is 3.23. The predicted molar refractivity (Wildman–Crippen MR) is 112 cm³/mol. The normalized spacial score (nSPS) is 10.9. The van der Waals surface area contributed by atoms with Gasteiger partial charge < -0.3 is 0 Å². The van der Waals surface area contributed by atoms with Gasteiger partial charge in [-0.3, -0.25) is 9.36 Å². The van der Waals surface area contributed by atoms with Crippen molar-refractivity contribution < 1.29 is 8.78 Å². The molecule has 0 N–H and O–H groups in total. The minimum absolute atomic E-state index is 0.0508. The number of nitrogens with zero attached hydrogens (tertiary/aromatic N) is 4. The summed E-state index contributed by atoms with van der Waals surface area (Å²) in [7, 11) is 0. The highest BCUT2D eigenvalue weighted by atomic mass is 19.1. The van der Waals surface area contributed by atoms with Gasteiger partial charge >= 0.3 is 5.69 Å². The van der Waals surface area contributed by atoms with Crippen LogP contribution in [0.15, 0.2) is 64.4 Å². The summed E-state index contributed by atoms with van der Waals surface area (Å²) in [5, 5.41) is 0. The second-order valence-electron chi connectivity index (χ2n) is 7.02. The third kappa shape index (κ3) is 3.62. The van der Waals surface area contributed by atoms with Crippen LogP contribution in [0.4, 0.5) is 8.78 Å². The molecule has 0 bridgehead atoms. The van der Waals surface area contributed by atoms with E-state index in [1.54, 1.807) is 38.1 Å². The Balaban J connectivity index is 1.95. The van der Waals surface area contributed by atoms with E-state index in [1.807, 2.05) is 6.07 Å². The van der Waals surface area contributed by atoms with Crippen LogP contribution < -0.4 is 11.2 Å². The molecule has 0 fully saturated rings. The molecule has 6 nitrogen and oxygen atoms in total. The van der Waals surface area contributed by atoms with Crippen LogP contribution in [0.2, 0.25) is 0 Å². The molecule has 0 atom stereocenters. The predicted octanol–water partition coefficient (Wildman–Crippen LogP) is 3.20. The topological polar surface area (TPSA) is 69.8 Å². The van der Waals surface area contributed by atoms with E-state index in [0.717, 1.165) is 12.1 Å². The SMILES string of the molecule is CC(C)n1c(=O)n(-c2c(F)cc(C#Cc3ccccc3)cc2F)c(=O)c2nccnc21. The summed E-state index contributed by atoms with van der Waals surface area (Å²) in [6.07, 6.45) is 2.62. The minimum Gasteiger partial charge on any atom is -0.273 e. The first-order valence-corrected chi connectivity index (χ1v) is 9.43. The lowest BCUT2D eigenvalue weighted by Gasteiger charge is -2.16. The number of benzene rings is 2. The first kappa shape index (κ1) is 20.2. The Bertz CT molecular complexity index is 1460. The second-order valence-corrected chi connectivity index (χ2v) is 7.02. The van der Waals surface area contributed by atoms with Crippen LogP contribution in [0.1, 0.15) is 31.0 Å². The summed E-state index contributed by atoms with van der Waals surface area (Å²) < 4.78 is 31.6. The molecule has 4 rings (SSSR count). The van der Waals surface area contributed by atoms with Gasteiger partial charge in [0, 0.05) is 29.6 Å². The van der Waals surface area contributed by atoms with Gasteiger partial charge in [0.15, 0.2) is 22.8 Å². The number of hydrogen-bond donors (Lipinski definition) is 0. The molecule has 0 radical (unpaired) electrons. The minimum atomic E-state index is -1.09. The van der Waals surface area contributed by atoms with E-state index in [2.05, 4.69) is 21.8 Å². The highest BCUT2D eigenvalue weighted by Gasteiger charge is 2.23. The average molecular weight is 418 g/mol. The summed E-state index contributed by atoms with van der Waals surface area (Å²) in [6, 6.07) is 10.5. The van der Waals surface area contributed by atoms with E-state index in [0.29, 0.717) is 10.1 Å². The Morgan fingerprint density at radius 2 is 1.52 bits per heavy atom. The Hall–Kier alpha value is -4.12. The van der Waals surface area contributed by atoms with E-state index >= 15 is 0 Å². The fraction of sp³-hybridized carbons (Fsp3) is 0.130. The van der Waals surface area contributed by atoms with E-state index < -0.39 is 34.6 Å². The Morgan fingerprint density at radius 1 is 0.903 bits per heavy atom. The van der Waals surface area contributed by atoms with Crippen LogP contribution in [0.5, 0.6) is 0 Å². The van der Waals surface area contributed by atoms with Crippen molar-refractivity contribution in [2.45, 2.75) is 19.9 Å². The molecule has 2 aromatic carbocycles. The number of hydrogen-bond acceptors (Lipinski definition) is 4. The van der Waals surface area contributed by atoms with Crippen LogP contribution in [-0.2, 0) is 0 Å². The van der Waals surface area contributed by atoms with Crippen molar-refractivity contribution in [3.63, 3.8) is 0 Å². The number of halogens is 2. The van der Waals surface area contributed by atoms with Crippen LogP contribution >= 0.6 is 0 Å². The maximum atomic E-state index is 15.0. The lowest BCUT2D eigenvalue weighted by Crippen LogP contribution is -2.41. The monoisotopic (exact) mass is 418 g/mol. The number of fused-ring (bicyclic) bond motifs is 1. The third-order valence-corrected chi connectivity index (χ3v) is 4.59. The van der Waals surface area contributed by atoms with Crippen molar-refractivity contribution in [1.29, 1.82) is 0 Å². The molecule has 4 aromatic rings. The summed E-state index contributed by atoms with van der Waals surface area (Å²) in [5.41, 5.74) is -2.00. The van der Waals surface area contributed by atoms with Gasteiger partial charge in [0.05, 0.1) is 0 Å². The van der Waals surface area contributed by atoms with E-state index in [4.69, 9.17) is 0 Å². The van der Waals surface area contributed by atoms with E-state index in [9.17, 15) is 18.4 Å². The highest BCUT2D eigenvalue weighted by molar-refractivity contribution is 5.69. The summed E-state index contributed by atoms with van der Waals surface area (Å²) in [4.78, 5) is 34.0. The van der Waals surface area contributed by atoms with Gasteiger partial charge in [-0.05, 0) is 38.1 Å². The van der Waals surface area contributed by atoms with Crippen LogP contribution in [0, 0.1) is 23.5 Å². The largest absolute Gasteiger partial charge is 0.337 e. The van der Waals surface area contributed by atoms with Crippen LogP contribution in [0.25, 0.3) is 16.9 Å².